The number of amides is 1. The average molecular weight is 483 g/mol. The van der Waals surface area contributed by atoms with Crippen molar-refractivity contribution in [1.29, 1.82) is 0 Å². The summed E-state index contributed by atoms with van der Waals surface area (Å²) >= 11 is 0. The van der Waals surface area contributed by atoms with Crippen molar-refractivity contribution in [2.45, 2.75) is 12.8 Å². The van der Waals surface area contributed by atoms with Crippen molar-refractivity contribution in [2.24, 2.45) is 5.92 Å². The third-order valence-electron chi connectivity index (χ3n) is 6.36. The molecular formula is C27H26N6O3. The van der Waals surface area contributed by atoms with Gasteiger partial charge in [0.15, 0.2) is 0 Å². The molecule has 2 aromatic heterocycles. The van der Waals surface area contributed by atoms with E-state index in [-0.39, 0.29) is 17.4 Å². The highest BCUT2D eigenvalue weighted by atomic mass is 16.5. The van der Waals surface area contributed by atoms with Crippen LogP contribution in [0, 0.1) is 5.92 Å². The van der Waals surface area contributed by atoms with Gasteiger partial charge >= 0.3 is 0 Å². The number of hydrogen-bond donors (Lipinski definition) is 2. The summed E-state index contributed by atoms with van der Waals surface area (Å²) in [6.07, 6.45) is 3.07. The van der Waals surface area contributed by atoms with Crippen LogP contribution in [0.2, 0.25) is 0 Å². The largest absolute Gasteiger partial charge is 0.497 e. The minimum absolute atomic E-state index is 0.0196. The highest BCUT2D eigenvalue weighted by Crippen LogP contribution is 2.27. The topological polar surface area (TPSA) is 113 Å². The van der Waals surface area contributed by atoms with E-state index in [4.69, 9.17) is 4.74 Å². The van der Waals surface area contributed by atoms with Crippen molar-refractivity contribution in [2.75, 3.05) is 30.4 Å². The van der Waals surface area contributed by atoms with Crippen molar-refractivity contribution in [3.8, 4) is 28.3 Å². The van der Waals surface area contributed by atoms with E-state index in [0.29, 0.717) is 5.69 Å². The highest BCUT2D eigenvalue weighted by Gasteiger charge is 2.26. The van der Waals surface area contributed by atoms with E-state index in [1.807, 2.05) is 54.6 Å². The van der Waals surface area contributed by atoms with Gasteiger partial charge in [0, 0.05) is 48.0 Å². The Labute approximate surface area is 208 Å². The van der Waals surface area contributed by atoms with E-state index in [0.717, 1.165) is 60.0 Å². The van der Waals surface area contributed by atoms with Gasteiger partial charge in [-0.1, -0.05) is 12.1 Å². The fourth-order valence-electron chi connectivity index (χ4n) is 4.28. The van der Waals surface area contributed by atoms with E-state index in [9.17, 15) is 9.59 Å². The van der Waals surface area contributed by atoms with Crippen molar-refractivity contribution in [3.63, 3.8) is 0 Å². The van der Waals surface area contributed by atoms with Crippen molar-refractivity contribution in [3.05, 3.63) is 83.4 Å². The summed E-state index contributed by atoms with van der Waals surface area (Å²) in [5.74, 6) is 1.62. The SMILES string of the molecule is COc1ccc(-c2cc(N3CCC(C(=O)Nc4ccc(-c5ccc(=O)[nH]n5)cc4)CC3)ncn2)cc1. The summed E-state index contributed by atoms with van der Waals surface area (Å²) < 4.78 is 5.23. The van der Waals surface area contributed by atoms with Crippen LogP contribution in [0.5, 0.6) is 5.75 Å². The van der Waals surface area contributed by atoms with Gasteiger partial charge in [0.2, 0.25) is 5.91 Å². The van der Waals surface area contributed by atoms with Gasteiger partial charge in [0.1, 0.15) is 17.9 Å². The predicted molar refractivity (Wildman–Crippen MR) is 138 cm³/mol. The van der Waals surface area contributed by atoms with Gasteiger partial charge in [-0.2, -0.15) is 5.10 Å². The van der Waals surface area contributed by atoms with Crippen molar-refractivity contribution in [1.82, 2.24) is 20.2 Å². The number of nitrogens with one attached hydrogen (secondary N) is 2. The summed E-state index contributed by atoms with van der Waals surface area (Å²) in [4.78, 5) is 35.2. The minimum Gasteiger partial charge on any atom is -0.497 e. The highest BCUT2D eigenvalue weighted by molar-refractivity contribution is 5.93. The molecule has 182 valence electrons. The normalized spacial score (nSPS) is 13.9. The second kappa shape index (κ2) is 10.4. The molecule has 0 unspecified atom stereocenters. The zero-order valence-corrected chi connectivity index (χ0v) is 19.8. The quantitative estimate of drug-likeness (QED) is 0.430. The standard InChI is InChI=1S/C27H26N6O3/c1-36-22-8-4-19(5-9-22)24-16-25(29-17-28-24)33-14-12-20(13-15-33)27(35)30-21-6-2-18(3-7-21)23-10-11-26(34)32-31-23/h2-11,16-17,20H,12-15H2,1H3,(H,30,35)(H,32,34). The number of nitrogens with zero attached hydrogens (tertiary/aromatic N) is 4. The number of H-pyrrole nitrogens is 1. The summed E-state index contributed by atoms with van der Waals surface area (Å²) in [6, 6.07) is 20.3. The molecule has 0 radical (unpaired) electrons. The Balaban J connectivity index is 1.17. The summed E-state index contributed by atoms with van der Waals surface area (Å²) in [6.45, 7) is 1.49. The predicted octanol–water partition coefficient (Wildman–Crippen LogP) is 3.76. The summed E-state index contributed by atoms with van der Waals surface area (Å²) in [5.41, 5.74) is 3.86. The molecule has 1 aliphatic heterocycles. The van der Waals surface area contributed by atoms with Gasteiger partial charge in [0.25, 0.3) is 5.56 Å². The molecule has 1 saturated heterocycles. The third kappa shape index (κ3) is 5.25. The molecule has 0 saturated carbocycles. The zero-order valence-electron chi connectivity index (χ0n) is 19.8. The van der Waals surface area contributed by atoms with Gasteiger partial charge < -0.3 is 15.0 Å². The lowest BCUT2D eigenvalue weighted by Crippen LogP contribution is -2.38. The Morgan fingerprint density at radius 2 is 1.64 bits per heavy atom. The average Bonchev–Trinajstić information content (AvgIpc) is 2.94. The molecule has 1 aliphatic rings. The first-order valence-electron chi connectivity index (χ1n) is 11.8. The Morgan fingerprint density at radius 1 is 0.944 bits per heavy atom. The van der Waals surface area contributed by atoms with Gasteiger partial charge in [-0.3, -0.25) is 9.59 Å². The van der Waals surface area contributed by atoms with Crippen molar-refractivity contribution >= 4 is 17.4 Å². The number of carbonyl (C=O) groups is 1. The number of aromatic amines is 1. The van der Waals surface area contributed by atoms with E-state index in [1.54, 1.807) is 19.5 Å². The molecular weight excluding hydrogens is 456 g/mol. The lowest BCUT2D eigenvalue weighted by Gasteiger charge is -2.32. The Hall–Kier alpha value is -4.53. The number of methoxy groups -OCH3 is 1. The van der Waals surface area contributed by atoms with Crippen LogP contribution in [0.3, 0.4) is 0 Å². The Morgan fingerprint density at radius 3 is 2.31 bits per heavy atom. The molecule has 1 fully saturated rings. The van der Waals surface area contributed by atoms with Crippen LogP contribution in [0.1, 0.15) is 12.8 Å². The van der Waals surface area contributed by atoms with Crippen LogP contribution in [0.25, 0.3) is 22.5 Å². The fraction of sp³-hybridized carbons (Fsp3) is 0.222. The van der Waals surface area contributed by atoms with Crippen LogP contribution >= 0.6 is 0 Å². The molecule has 0 atom stereocenters. The maximum atomic E-state index is 12.9. The monoisotopic (exact) mass is 482 g/mol. The van der Waals surface area contributed by atoms with E-state index < -0.39 is 0 Å². The van der Waals surface area contributed by atoms with Crippen LogP contribution in [-0.4, -0.2) is 46.3 Å². The molecule has 1 amide bonds. The summed E-state index contributed by atoms with van der Waals surface area (Å²) in [5, 5.41) is 9.48. The number of aromatic nitrogens is 4. The van der Waals surface area contributed by atoms with Gasteiger partial charge in [-0.25, -0.2) is 15.1 Å². The molecule has 9 nitrogen and oxygen atoms in total. The molecule has 2 N–H and O–H groups in total. The number of piperidine rings is 1. The summed E-state index contributed by atoms with van der Waals surface area (Å²) in [7, 11) is 1.64. The Bertz CT molecular complexity index is 1370. The fourth-order valence-corrected chi connectivity index (χ4v) is 4.28. The first kappa shape index (κ1) is 23.2. The maximum absolute atomic E-state index is 12.9. The van der Waals surface area contributed by atoms with E-state index in [2.05, 4.69) is 30.4 Å². The van der Waals surface area contributed by atoms with Gasteiger partial charge in [0.05, 0.1) is 18.5 Å². The molecule has 3 heterocycles. The van der Waals surface area contributed by atoms with Crippen LogP contribution < -0.4 is 20.5 Å². The van der Waals surface area contributed by atoms with Crippen LogP contribution in [0.15, 0.2) is 77.9 Å². The number of ether oxygens (including phenoxy) is 1. The maximum Gasteiger partial charge on any atom is 0.264 e. The van der Waals surface area contributed by atoms with Gasteiger partial charge in [-0.15, -0.1) is 0 Å². The van der Waals surface area contributed by atoms with Gasteiger partial charge in [-0.05, 0) is 55.3 Å². The number of rotatable bonds is 6. The van der Waals surface area contributed by atoms with Crippen molar-refractivity contribution < 1.29 is 9.53 Å². The number of hydrogen-bond acceptors (Lipinski definition) is 7. The molecule has 5 rings (SSSR count). The molecule has 2 aromatic carbocycles. The number of anilines is 2. The van der Waals surface area contributed by atoms with E-state index >= 15 is 0 Å². The molecule has 36 heavy (non-hydrogen) atoms. The molecule has 4 aromatic rings. The lowest BCUT2D eigenvalue weighted by molar-refractivity contribution is -0.120. The smallest absolute Gasteiger partial charge is 0.264 e. The number of carbonyl (C=O) groups excluding carboxylic acids is 1. The first-order valence-corrected chi connectivity index (χ1v) is 11.8. The Kier molecular flexibility index (Phi) is 6.70. The molecule has 9 heteroatoms. The van der Waals surface area contributed by atoms with Crippen LogP contribution in [0.4, 0.5) is 11.5 Å². The van der Waals surface area contributed by atoms with Crippen LogP contribution in [-0.2, 0) is 4.79 Å². The molecule has 0 aliphatic carbocycles. The molecule has 0 spiro atoms. The molecule has 0 bridgehead atoms. The lowest BCUT2D eigenvalue weighted by atomic mass is 9.95. The minimum atomic E-state index is -0.244. The third-order valence-corrected chi connectivity index (χ3v) is 6.36. The first-order chi connectivity index (χ1) is 17.6. The second-order valence-electron chi connectivity index (χ2n) is 8.62. The zero-order chi connectivity index (χ0) is 24.9. The second-order valence-corrected chi connectivity index (χ2v) is 8.62. The van der Waals surface area contributed by atoms with E-state index in [1.165, 1.54) is 6.07 Å². The number of benzene rings is 2.